The zero-order valence-electron chi connectivity index (χ0n) is 11.1. The summed E-state index contributed by atoms with van der Waals surface area (Å²) in [5, 5.41) is 5.24. The smallest absolute Gasteiger partial charge is 0.127 e. The molecule has 0 atom stereocenters. The van der Waals surface area contributed by atoms with E-state index in [9.17, 15) is 0 Å². The molecule has 0 N–H and O–H groups in total. The number of rotatable bonds is 1. The van der Waals surface area contributed by atoms with Gasteiger partial charge in [0, 0.05) is 5.39 Å². The largest absolute Gasteiger partial charge is 0.496 e. The Kier molecular flexibility index (Phi) is 2.28. The van der Waals surface area contributed by atoms with Crippen LogP contribution in [0.25, 0.3) is 21.5 Å². The molecule has 0 unspecified atom stereocenters. The molecule has 0 bridgehead atoms. The minimum Gasteiger partial charge on any atom is -0.496 e. The van der Waals surface area contributed by atoms with Crippen LogP contribution in [0.4, 0.5) is 0 Å². The molecule has 3 aromatic rings. The molecule has 3 aromatic carbocycles. The first-order valence-corrected chi connectivity index (χ1v) is 6.88. The Bertz CT molecular complexity index is 786. The molecular weight excluding hydrogens is 232 g/mol. The molecule has 19 heavy (non-hydrogen) atoms. The molecular formula is C18H16O. The van der Waals surface area contributed by atoms with Crippen LogP contribution in [0.5, 0.6) is 5.75 Å². The van der Waals surface area contributed by atoms with E-state index in [2.05, 4.69) is 42.5 Å². The molecule has 0 aromatic heterocycles. The molecule has 0 saturated carbocycles. The van der Waals surface area contributed by atoms with Crippen LogP contribution in [0, 0.1) is 0 Å². The van der Waals surface area contributed by atoms with Gasteiger partial charge < -0.3 is 4.74 Å². The predicted octanol–water partition coefficient (Wildman–Crippen LogP) is 4.49. The zero-order valence-corrected chi connectivity index (χ0v) is 11.1. The van der Waals surface area contributed by atoms with Crippen molar-refractivity contribution in [1.29, 1.82) is 0 Å². The summed E-state index contributed by atoms with van der Waals surface area (Å²) in [6, 6.07) is 15.3. The third-order valence-electron chi connectivity index (χ3n) is 4.29. The van der Waals surface area contributed by atoms with Crippen molar-refractivity contribution in [2.75, 3.05) is 7.11 Å². The van der Waals surface area contributed by atoms with Crippen LogP contribution in [-0.2, 0) is 12.8 Å². The average molecular weight is 248 g/mol. The van der Waals surface area contributed by atoms with Crippen LogP contribution in [0.15, 0.2) is 42.5 Å². The van der Waals surface area contributed by atoms with E-state index in [1.54, 1.807) is 7.11 Å². The summed E-state index contributed by atoms with van der Waals surface area (Å²) in [7, 11) is 1.78. The van der Waals surface area contributed by atoms with Crippen LogP contribution in [0.3, 0.4) is 0 Å². The summed E-state index contributed by atoms with van der Waals surface area (Å²) in [5.74, 6) is 1.02. The normalized spacial score (nSPS) is 13.9. The second-order valence-electron chi connectivity index (χ2n) is 5.28. The highest BCUT2D eigenvalue weighted by Gasteiger charge is 2.18. The summed E-state index contributed by atoms with van der Waals surface area (Å²) >= 11 is 0. The first-order valence-electron chi connectivity index (χ1n) is 6.88. The molecule has 0 saturated heterocycles. The van der Waals surface area contributed by atoms with E-state index in [-0.39, 0.29) is 0 Å². The van der Waals surface area contributed by atoms with Gasteiger partial charge in [0.1, 0.15) is 5.75 Å². The predicted molar refractivity (Wildman–Crippen MR) is 80.0 cm³/mol. The van der Waals surface area contributed by atoms with E-state index in [1.807, 2.05) is 0 Å². The van der Waals surface area contributed by atoms with Crippen LogP contribution in [0.2, 0.25) is 0 Å². The van der Waals surface area contributed by atoms with E-state index >= 15 is 0 Å². The van der Waals surface area contributed by atoms with Gasteiger partial charge in [0.25, 0.3) is 0 Å². The van der Waals surface area contributed by atoms with E-state index in [1.165, 1.54) is 51.9 Å². The van der Waals surface area contributed by atoms with Gasteiger partial charge in [-0.1, -0.05) is 36.4 Å². The van der Waals surface area contributed by atoms with Crippen molar-refractivity contribution in [3.63, 3.8) is 0 Å². The Labute approximate surface area is 112 Å². The van der Waals surface area contributed by atoms with Gasteiger partial charge >= 0.3 is 0 Å². The van der Waals surface area contributed by atoms with Crippen molar-refractivity contribution < 1.29 is 4.74 Å². The van der Waals surface area contributed by atoms with Crippen LogP contribution >= 0.6 is 0 Å². The molecule has 0 radical (unpaired) electrons. The maximum atomic E-state index is 5.66. The fraction of sp³-hybridized carbons (Fsp3) is 0.222. The summed E-state index contributed by atoms with van der Waals surface area (Å²) < 4.78 is 5.66. The lowest BCUT2D eigenvalue weighted by Crippen LogP contribution is -1.92. The highest BCUT2D eigenvalue weighted by Crippen LogP contribution is 2.39. The van der Waals surface area contributed by atoms with Gasteiger partial charge in [-0.25, -0.2) is 0 Å². The first kappa shape index (κ1) is 10.9. The molecule has 1 heteroatoms. The van der Waals surface area contributed by atoms with Crippen molar-refractivity contribution in [3.8, 4) is 5.75 Å². The van der Waals surface area contributed by atoms with Gasteiger partial charge in [0.2, 0.25) is 0 Å². The maximum Gasteiger partial charge on any atom is 0.127 e. The van der Waals surface area contributed by atoms with Gasteiger partial charge in [-0.3, -0.25) is 0 Å². The van der Waals surface area contributed by atoms with E-state index in [0.717, 1.165) is 5.75 Å². The SMILES string of the molecule is COc1cc2c(c3ccc4ccccc4c13)CCC2. The molecule has 0 fully saturated rings. The van der Waals surface area contributed by atoms with Crippen LogP contribution < -0.4 is 4.74 Å². The third-order valence-corrected chi connectivity index (χ3v) is 4.29. The number of benzene rings is 3. The molecule has 1 nitrogen and oxygen atoms in total. The average Bonchev–Trinajstić information content (AvgIpc) is 2.94. The number of aryl methyl sites for hydroxylation is 2. The summed E-state index contributed by atoms with van der Waals surface area (Å²) in [5.41, 5.74) is 3.00. The monoisotopic (exact) mass is 248 g/mol. The Balaban J connectivity index is 2.24. The highest BCUT2D eigenvalue weighted by atomic mass is 16.5. The van der Waals surface area contributed by atoms with Crippen molar-refractivity contribution in [3.05, 3.63) is 53.6 Å². The van der Waals surface area contributed by atoms with Gasteiger partial charge in [0.15, 0.2) is 0 Å². The quantitative estimate of drug-likeness (QED) is 0.576. The Morgan fingerprint density at radius 3 is 2.74 bits per heavy atom. The van der Waals surface area contributed by atoms with E-state index in [4.69, 9.17) is 4.74 Å². The molecule has 0 heterocycles. The fourth-order valence-electron chi connectivity index (χ4n) is 3.41. The lowest BCUT2D eigenvalue weighted by Gasteiger charge is -2.13. The van der Waals surface area contributed by atoms with Gasteiger partial charge in [-0.05, 0) is 52.6 Å². The maximum absolute atomic E-state index is 5.66. The number of hydrogen-bond acceptors (Lipinski definition) is 1. The van der Waals surface area contributed by atoms with Crippen LogP contribution in [-0.4, -0.2) is 7.11 Å². The van der Waals surface area contributed by atoms with Crippen molar-refractivity contribution in [2.45, 2.75) is 19.3 Å². The first-order chi connectivity index (χ1) is 9.38. The van der Waals surface area contributed by atoms with Crippen molar-refractivity contribution >= 4 is 21.5 Å². The summed E-state index contributed by atoms with van der Waals surface area (Å²) in [6.07, 6.45) is 3.66. The van der Waals surface area contributed by atoms with Crippen molar-refractivity contribution in [2.24, 2.45) is 0 Å². The number of methoxy groups -OCH3 is 1. The summed E-state index contributed by atoms with van der Waals surface area (Å²) in [4.78, 5) is 0. The summed E-state index contributed by atoms with van der Waals surface area (Å²) in [6.45, 7) is 0. The zero-order chi connectivity index (χ0) is 12.8. The minimum absolute atomic E-state index is 1.02. The Morgan fingerprint density at radius 1 is 0.947 bits per heavy atom. The molecule has 4 rings (SSSR count). The van der Waals surface area contributed by atoms with E-state index in [0.29, 0.717) is 0 Å². The van der Waals surface area contributed by atoms with E-state index < -0.39 is 0 Å². The minimum atomic E-state index is 1.02. The number of ether oxygens (including phenoxy) is 1. The molecule has 0 spiro atoms. The fourth-order valence-corrected chi connectivity index (χ4v) is 3.41. The topological polar surface area (TPSA) is 9.23 Å². The van der Waals surface area contributed by atoms with Gasteiger partial charge in [-0.2, -0.15) is 0 Å². The molecule has 94 valence electrons. The lowest BCUT2D eigenvalue weighted by atomic mass is 9.95. The third kappa shape index (κ3) is 1.48. The van der Waals surface area contributed by atoms with Crippen molar-refractivity contribution in [1.82, 2.24) is 0 Å². The molecule has 1 aliphatic carbocycles. The number of hydrogen-bond donors (Lipinski definition) is 0. The van der Waals surface area contributed by atoms with Crippen LogP contribution in [0.1, 0.15) is 17.5 Å². The molecule has 0 amide bonds. The Hall–Kier alpha value is -2.02. The lowest BCUT2D eigenvalue weighted by molar-refractivity contribution is 0.419. The second-order valence-corrected chi connectivity index (χ2v) is 5.28. The van der Waals surface area contributed by atoms with Gasteiger partial charge in [0.05, 0.1) is 7.11 Å². The van der Waals surface area contributed by atoms with Gasteiger partial charge in [-0.15, -0.1) is 0 Å². The standard InChI is InChI=1S/C18H16O/c1-19-17-11-13-6-4-8-14(13)16-10-9-12-5-2-3-7-15(12)18(16)17/h2-3,5,7,9-11H,4,6,8H2,1H3. The highest BCUT2D eigenvalue weighted by molar-refractivity contribution is 6.12. The Morgan fingerprint density at radius 2 is 1.84 bits per heavy atom. The molecule has 1 aliphatic rings. The second kappa shape index (κ2) is 3.99. The molecule has 0 aliphatic heterocycles. The number of fused-ring (bicyclic) bond motifs is 5.